The van der Waals surface area contributed by atoms with E-state index in [1.54, 1.807) is 25.3 Å². The quantitative estimate of drug-likeness (QED) is 0.870. The third-order valence-corrected chi connectivity index (χ3v) is 3.12. The van der Waals surface area contributed by atoms with Crippen LogP contribution >= 0.6 is 15.9 Å². The number of nitrogens with zero attached hydrogens (tertiary/aromatic N) is 1. The molecule has 102 valence electrons. The van der Waals surface area contributed by atoms with Crippen LogP contribution in [0.3, 0.4) is 0 Å². The number of ether oxygens (including phenoxy) is 2. The SMILES string of the molecule is COc1cc(C#N)ccc1OCc1cc(N)cc(Br)c1. The monoisotopic (exact) mass is 332 g/mol. The Kier molecular flexibility index (Phi) is 4.49. The van der Waals surface area contributed by atoms with Crippen molar-refractivity contribution < 1.29 is 9.47 Å². The number of nitriles is 1. The molecule has 0 radical (unpaired) electrons. The first-order valence-electron chi connectivity index (χ1n) is 5.88. The van der Waals surface area contributed by atoms with E-state index in [2.05, 4.69) is 22.0 Å². The Morgan fingerprint density at radius 3 is 2.65 bits per heavy atom. The molecule has 2 aromatic rings. The van der Waals surface area contributed by atoms with Crippen molar-refractivity contribution in [3.8, 4) is 17.6 Å². The van der Waals surface area contributed by atoms with Gasteiger partial charge in [0.15, 0.2) is 11.5 Å². The lowest BCUT2D eigenvalue weighted by molar-refractivity contribution is 0.284. The predicted molar refractivity (Wildman–Crippen MR) is 80.6 cm³/mol. The summed E-state index contributed by atoms with van der Waals surface area (Å²) in [5, 5.41) is 8.85. The zero-order valence-electron chi connectivity index (χ0n) is 10.9. The maximum Gasteiger partial charge on any atom is 0.162 e. The molecular weight excluding hydrogens is 320 g/mol. The smallest absolute Gasteiger partial charge is 0.162 e. The third kappa shape index (κ3) is 3.43. The first kappa shape index (κ1) is 14.2. The molecule has 0 saturated carbocycles. The molecule has 0 aliphatic rings. The molecule has 2 aromatic carbocycles. The van der Waals surface area contributed by atoms with Crippen molar-refractivity contribution in [3.05, 3.63) is 52.0 Å². The van der Waals surface area contributed by atoms with Crippen molar-refractivity contribution in [2.45, 2.75) is 6.61 Å². The average molecular weight is 333 g/mol. The Morgan fingerprint density at radius 2 is 2.00 bits per heavy atom. The molecule has 0 heterocycles. The summed E-state index contributed by atoms with van der Waals surface area (Å²) < 4.78 is 11.8. The molecule has 0 aliphatic carbocycles. The molecule has 2 rings (SSSR count). The lowest BCUT2D eigenvalue weighted by Gasteiger charge is -2.11. The van der Waals surface area contributed by atoms with Crippen LogP contribution in [0, 0.1) is 11.3 Å². The molecule has 0 amide bonds. The van der Waals surface area contributed by atoms with Crippen molar-refractivity contribution in [3.63, 3.8) is 0 Å². The third-order valence-electron chi connectivity index (χ3n) is 2.67. The highest BCUT2D eigenvalue weighted by molar-refractivity contribution is 9.10. The lowest BCUT2D eigenvalue weighted by Crippen LogP contribution is -1.99. The highest BCUT2D eigenvalue weighted by Crippen LogP contribution is 2.29. The van der Waals surface area contributed by atoms with E-state index >= 15 is 0 Å². The summed E-state index contributed by atoms with van der Waals surface area (Å²) in [6.07, 6.45) is 0. The second-order valence-electron chi connectivity index (χ2n) is 4.16. The molecule has 2 N–H and O–H groups in total. The van der Waals surface area contributed by atoms with Crippen molar-refractivity contribution >= 4 is 21.6 Å². The Morgan fingerprint density at radius 1 is 1.20 bits per heavy atom. The Bertz CT molecular complexity index is 645. The summed E-state index contributed by atoms with van der Waals surface area (Å²) in [5.74, 6) is 1.12. The summed E-state index contributed by atoms with van der Waals surface area (Å²) >= 11 is 3.39. The van der Waals surface area contributed by atoms with E-state index < -0.39 is 0 Å². The van der Waals surface area contributed by atoms with E-state index in [1.165, 1.54) is 0 Å². The number of nitrogen functional groups attached to an aromatic ring is 1. The number of methoxy groups -OCH3 is 1. The number of hydrogen-bond donors (Lipinski definition) is 1. The molecule has 4 nitrogen and oxygen atoms in total. The molecule has 0 bridgehead atoms. The number of rotatable bonds is 4. The van der Waals surface area contributed by atoms with Crippen molar-refractivity contribution in [1.29, 1.82) is 5.26 Å². The highest BCUT2D eigenvalue weighted by atomic mass is 79.9. The molecule has 0 fully saturated rings. The molecule has 5 heteroatoms. The fourth-order valence-electron chi connectivity index (χ4n) is 1.78. The molecule has 0 aliphatic heterocycles. The van der Waals surface area contributed by atoms with E-state index in [1.807, 2.05) is 18.2 Å². The largest absolute Gasteiger partial charge is 0.493 e. The van der Waals surface area contributed by atoms with Gasteiger partial charge in [-0.15, -0.1) is 0 Å². The molecule has 0 saturated heterocycles. The van der Waals surface area contributed by atoms with Gasteiger partial charge in [-0.05, 0) is 35.9 Å². The van der Waals surface area contributed by atoms with Crippen LogP contribution in [0.15, 0.2) is 40.9 Å². The van der Waals surface area contributed by atoms with Crippen LogP contribution in [0.5, 0.6) is 11.5 Å². The summed E-state index contributed by atoms with van der Waals surface area (Å²) in [4.78, 5) is 0. The van der Waals surface area contributed by atoms with E-state index in [4.69, 9.17) is 20.5 Å². The summed E-state index contributed by atoms with van der Waals surface area (Å²) in [7, 11) is 1.54. The van der Waals surface area contributed by atoms with Gasteiger partial charge in [0.05, 0.1) is 18.7 Å². The van der Waals surface area contributed by atoms with Gasteiger partial charge in [0, 0.05) is 16.2 Å². The van der Waals surface area contributed by atoms with Crippen LogP contribution in [-0.4, -0.2) is 7.11 Å². The minimum Gasteiger partial charge on any atom is -0.493 e. The standard InChI is InChI=1S/C15H13BrN2O2/c1-19-15-6-10(8-17)2-3-14(15)20-9-11-4-12(16)7-13(18)5-11/h2-7H,9,18H2,1H3. The number of nitrogens with two attached hydrogens (primary N) is 1. The predicted octanol–water partition coefficient (Wildman–Crippen LogP) is 3.49. The van der Waals surface area contributed by atoms with Crippen molar-refractivity contribution in [2.24, 2.45) is 0 Å². The number of hydrogen-bond acceptors (Lipinski definition) is 4. The van der Waals surface area contributed by atoms with E-state index in [9.17, 15) is 0 Å². The molecular formula is C15H13BrN2O2. The zero-order chi connectivity index (χ0) is 14.5. The summed E-state index contributed by atoms with van der Waals surface area (Å²) in [6.45, 7) is 0.367. The van der Waals surface area contributed by atoms with Gasteiger partial charge in [0.2, 0.25) is 0 Å². The first-order chi connectivity index (χ1) is 9.62. The fourth-order valence-corrected chi connectivity index (χ4v) is 2.33. The van der Waals surface area contributed by atoms with Gasteiger partial charge in [0.25, 0.3) is 0 Å². The van der Waals surface area contributed by atoms with E-state index in [0.717, 1.165) is 10.0 Å². The van der Waals surface area contributed by atoms with Gasteiger partial charge in [-0.25, -0.2) is 0 Å². The highest BCUT2D eigenvalue weighted by Gasteiger charge is 2.06. The Balaban J connectivity index is 2.16. The number of halogens is 1. The van der Waals surface area contributed by atoms with E-state index in [-0.39, 0.29) is 0 Å². The molecule has 0 spiro atoms. The minimum absolute atomic E-state index is 0.367. The Labute approximate surface area is 125 Å². The van der Waals surface area contributed by atoms with Crippen LogP contribution in [0.1, 0.15) is 11.1 Å². The first-order valence-corrected chi connectivity index (χ1v) is 6.67. The molecule has 0 aromatic heterocycles. The van der Waals surface area contributed by atoms with Crippen LogP contribution in [0.2, 0.25) is 0 Å². The maximum absolute atomic E-state index is 8.85. The second-order valence-corrected chi connectivity index (χ2v) is 5.07. The normalized spacial score (nSPS) is 9.85. The second kappa shape index (κ2) is 6.31. The van der Waals surface area contributed by atoms with Crippen LogP contribution < -0.4 is 15.2 Å². The van der Waals surface area contributed by atoms with E-state index in [0.29, 0.717) is 29.4 Å². The van der Waals surface area contributed by atoms with Crippen LogP contribution in [-0.2, 0) is 6.61 Å². The van der Waals surface area contributed by atoms with Gasteiger partial charge in [-0.1, -0.05) is 15.9 Å². The molecule has 0 atom stereocenters. The maximum atomic E-state index is 8.85. The minimum atomic E-state index is 0.367. The average Bonchev–Trinajstić information content (AvgIpc) is 2.44. The van der Waals surface area contributed by atoms with Crippen LogP contribution in [0.25, 0.3) is 0 Å². The summed E-state index contributed by atoms with van der Waals surface area (Å²) in [6, 6.07) is 12.7. The lowest BCUT2D eigenvalue weighted by atomic mass is 10.2. The van der Waals surface area contributed by atoms with Gasteiger partial charge in [0.1, 0.15) is 6.61 Å². The molecule has 20 heavy (non-hydrogen) atoms. The number of benzene rings is 2. The van der Waals surface area contributed by atoms with Gasteiger partial charge < -0.3 is 15.2 Å². The summed E-state index contributed by atoms with van der Waals surface area (Å²) in [5.41, 5.74) is 7.92. The fraction of sp³-hybridized carbons (Fsp3) is 0.133. The topological polar surface area (TPSA) is 68.3 Å². The zero-order valence-corrected chi connectivity index (χ0v) is 12.5. The van der Waals surface area contributed by atoms with Gasteiger partial charge in [-0.3, -0.25) is 0 Å². The van der Waals surface area contributed by atoms with Gasteiger partial charge >= 0.3 is 0 Å². The van der Waals surface area contributed by atoms with Crippen molar-refractivity contribution in [2.75, 3.05) is 12.8 Å². The van der Waals surface area contributed by atoms with Crippen molar-refractivity contribution in [1.82, 2.24) is 0 Å². The Hall–Kier alpha value is -2.19. The molecule has 0 unspecified atom stereocenters. The number of anilines is 1. The van der Waals surface area contributed by atoms with Gasteiger partial charge in [-0.2, -0.15) is 5.26 Å². The van der Waals surface area contributed by atoms with Crippen LogP contribution in [0.4, 0.5) is 5.69 Å².